The molecule has 0 unspecified atom stereocenters. The maximum atomic E-state index is 9.24. The lowest BCUT2D eigenvalue weighted by atomic mass is 10.2. The van der Waals surface area contributed by atoms with Crippen LogP contribution in [0.4, 0.5) is 5.69 Å². The summed E-state index contributed by atoms with van der Waals surface area (Å²) in [7, 11) is 0. The average molecular weight is 401 g/mol. The van der Waals surface area contributed by atoms with Crippen molar-refractivity contribution in [1.29, 1.82) is 0 Å². The molecule has 2 aromatic rings. The Hall–Kier alpha value is -1.20. The van der Waals surface area contributed by atoms with E-state index in [1.54, 1.807) is 12.1 Å². The lowest BCUT2D eigenvalue weighted by molar-refractivity contribution is 0.336. The second kappa shape index (κ2) is 6.99. The van der Waals surface area contributed by atoms with Crippen molar-refractivity contribution in [3.8, 4) is 11.5 Å². The van der Waals surface area contributed by atoms with Crippen molar-refractivity contribution in [2.45, 2.75) is 13.5 Å². The van der Waals surface area contributed by atoms with Crippen molar-refractivity contribution in [2.24, 2.45) is 0 Å². The van der Waals surface area contributed by atoms with E-state index in [9.17, 15) is 5.11 Å². The lowest BCUT2D eigenvalue weighted by Gasteiger charge is -2.12. The number of nitrogens with one attached hydrogen (secondary N) is 1. The van der Waals surface area contributed by atoms with Crippen LogP contribution in [0.1, 0.15) is 12.5 Å². The molecule has 5 heteroatoms. The molecule has 0 heterocycles. The van der Waals surface area contributed by atoms with Crippen molar-refractivity contribution in [2.75, 3.05) is 11.9 Å². The molecule has 2 rings (SSSR count). The molecule has 0 radical (unpaired) electrons. The predicted octanol–water partition coefficient (Wildman–Crippen LogP) is 4.93. The summed E-state index contributed by atoms with van der Waals surface area (Å²) in [6, 6.07) is 11.1. The van der Waals surface area contributed by atoms with Gasteiger partial charge in [0.05, 0.1) is 15.6 Å². The molecular formula is C15H15Br2NO2. The maximum absolute atomic E-state index is 9.24. The molecule has 2 N–H and O–H groups in total. The van der Waals surface area contributed by atoms with Crippen molar-refractivity contribution < 1.29 is 9.84 Å². The summed E-state index contributed by atoms with van der Waals surface area (Å²) >= 11 is 7.04. The number of aromatic hydroxyl groups is 1. The molecule has 20 heavy (non-hydrogen) atoms. The predicted molar refractivity (Wildman–Crippen MR) is 88.4 cm³/mol. The van der Waals surface area contributed by atoms with Crippen LogP contribution in [0.25, 0.3) is 0 Å². The van der Waals surface area contributed by atoms with E-state index in [-0.39, 0.29) is 5.75 Å². The highest BCUT2D eigenvalue weighted by Crippen LogP contribution is 2.35. The third kappa shape index (κ3) is 3.90. The van der Waals surface area contributed by atoms with Crippen molar-refractivity contribution in [3.05, 3.63) is 50.9 Å². The van der Waals surface area contributed by atoms with E-state index in [1.165, 1.54) is 0 Å². The monoisotopic (exact) mass is 399 g/mol. The highest BCUT2D eigenvalue weighted by Gasteiger charge is 2.08. The van der Waals surface area contributed by atoms with E-state index < -0.39 is 0 Å². The standard InChI is InChI=1S/C15H15Br2NO2/c1-2-20-15-13(16)7-10(8-14(15)17)9-18-11-3-5-12(19)6-4-11/h3-8,18-19H,2,9H2,1H3. The molecular weight excluding hydrogens is 386 g/mol. The largest absolute Gasteiger partial charge is 0.508 e. The minimum atomic E-state index is 0.266. The van der Waals surface area contributed by atoms with E-state index in [2.05, 4.69) is 37.2 Å². The first-order valence-corrected chi connectivity index (χ1v) is 7.82. The first kappa shape index (κ1) is 15.2. The van der Waals surface area contributed by atoms with Gasteiger partial charge in [0, 0.05) is 12.2 Å². The summed E-state index contributed by atoms with van der Waals surface area (Å²) in [5.41, 5.74) is 2.09. The number of phenolic OH excluding ortho intramolecular Hbond substituents is 1. The molecule has 0 saturated heterocycles. The Morgan fingerprint density at radius 1 is 1.10 bits per heavy atom. The zero-order chi connectivity index (χ0) is 14.5. The van der Waals surface area contributed by atoms with Crippen LogP contribution in [0.2, 0.25) is 0 Å². The Morgan fingerprint density at radius 2 is 1.70 bits per heavy atom. The number of phenols is 1. The van der Waals surface area contributed by atoms with Gasteiger partial charge in [-0.3, -0.25) is 0 Å². The molecule has 106 valence electrons. The van der Waals surface area contributed by atoms with Gasteiger partial charge in [0.15, 0.2) is 0 Å². The summed E-state index contributed by atoms with van der Waals surface area (Å²) in [5.74, 6) is 1.09. The fraction of sp³-hybridized carbons (Fsp3) is 0.200. The van der Waals surface area contributed by atoms with E-state index in [0.29, 0.717) is 13.2 Å². The molecule has 0 bridgehead atoms. The fourth-order valence-corrected chi connectivity index (χ4v) is 3.29. The quantitative estimate of drug-likeness (QED) is 0.699. The molecule has 0 aromatic heterocycles. The summed E-state index contributed by atoms with van der Waals surface area (Å²) in [4.78, 5) is 0. The Bertz CT molecular complexity index is 562. The third-order valence-electron chi connectivity index (χ3n) is 2.71. The highest BCUT2D eigenvalue weighted by molar-refractivity contribution is 9.11. The smallest absolute Gasteiger partial charge is 0.147 e. The number of anilines is 1. The van der Waals surface area contributed by atoms with Crippen molar-refractivity contribution in [1.82, 2.24) is 0 Å². The molecule has 0 aliphatic carbocycles. The molecule has 0 fully saturated rings. The van der Waals surface area contributed by atoms with Crippen molar-refractivity contribution in [3.63, 3.8) is 0 Å². The van der Waals surface area contributed by atoms with Crippen LogP contribution in [-0.2, 0) is 6.54 Å². The van der Waals surface area contributed by atoms with Crippen LogP contribution < -0.4 is 10.1 Å². The van der Waals surface area contributed by atoms with Gasteiger partial charge in [0.2, 0.25) is 0 Å². The minimum absolute atomic E-state index is 0.266. The first-order valence-electron chi connectivity index (χ1n) is 6.23. The average Bonchev–Trinajstić information content (AvgIpc) is 2.42. The van der Waals surface area contributed by atoms with Gasteiger partial charge in [0.25, 0.3) is 0 Å². The van der Waals surface area contributed by atoms with E-state index in [1.807, 2.05) is 31.2 Å². The Labute approximate surface area is 135 Å². The van der Waals surface area contributed by atoms with Gasteiger partial charge in [-0.15, -0.1) is 0 Å². The van der Waals surface area contributed by atoms with Crippen LogP contribution in [0.15, 0.2) is 45.3 Å². The van der Waals surface area contributed by atoms with Crippen LogP contribution >= 0.6 is 31.9 Å². The van der Waals surface area contributed by atoms with Crippen LogP contribution in [0.5, 0.6) is 11.5 Å². The summed E-state index contributed by atoms with van der Waals surface area (Å²) < 4.78 is 7.41. The number of hydrogen-bond acceptors (Lipinski definition) is 3. The van der Waals surface area contributed by atoms with Crippen LogP contribution in [-0.4, -0.2) is 11.7 Å². The highest BCUT2D eigenvalue weighted by atomic mass is 79.9. The van der Waals surface area contributed by atoms with Crippen LogP contribution in [0.3, 0.4) is 0 Å². The molecule has 0 amide bonds. The number of hydrogen-bond donors (Lipinski definition) is 2. The van der Waals surface area contributed by atoms with Gasteiger partial charge in [-0.2, -0.15) is 0 Å². The van der Waals surface area contributed by atoms with Gasteiger partial charge in [0.1, 0.15) is 11.5 Å². The molecule has 2 aromatic carbocycles. The Kier molecular flexibility index (Phi) is 5.31. The molecule has 0 atom stereocenters. The van der Waals surface area contributed by atoms with E-state index in [4.69, 9.17) is 4.74 Å². The summed E-state index contributed by atoms with van der Waals surface area (Å²) in [6.07, 6.45) is 0. The van der Waals surface area contributed by atoms with Crippen LogP contribution in [0, 0.1) is 0 Å². The summed E-state index contributed by atoms with van der Waals surface area (Å²) in [5, 5.41) is 12.5. The summed E-state index contributed by atoms with van der Waals surface area (Å²) in [6.45, 7) is 3.27. The normalized spacial score (nSPS) is 10.3. The zero-order valence-electron chi connectivity index (χ0n) is 11.0. The zero-order valence-corrected chi connectivity index (χ0v) is 14.2. The second-order valence-corrected chi connectivity index (χ2v) is 5.93. The van der Waals surface area contributed by atoms with Gasteiger partial charge >= 0.3 is 0 Å². The number of benzene rings is 2. The SMILES string of the molecule is CCOc1c(Br)cc(CNc2ccc(O)cc2)cc1Br. The second-order valence-electron chi connectivity index (χ2n) is 4.22. The molecule has 0 saturated carbocycles. The third-order valence-corrected chi connectivity index (χ3v) is 3.89. The molecule has 3 nitrogen and oxygen atoms in total. The maximum Gasteiger partial charge on any atom is 0.147 e. The number of rotatable bonds is 5. The molecule has 0 spiro atoms. The van der Waals surface area contributed by atoms with E-state index >= 15 is 0 Å². The van der Waals surface area contributed by atoms with Gasteiger partial charge in [-0.25, -0.2) is 0 Å². The number of halogens is 2. The minimum Gasteiger partial charge on any atom is -0.508 e. The van der Waals surface area contributed by atoms with Gasteiger partial charge in [-0.1, -0.05) is 0 Å². The number of ether oxygens (including phenoxy) is 1. The van der Waals surface area contributed by atoms with Gasteiger partial charge in [-0.05, 0) is 80.7 Å². The Morgan fingerprint density at radius 3 is 2.25 bits per heavy atom. The Balaban J connectivity index is 2.08. The van der Waals surface area contributed by atoms with Crippen molar-refractivity contribution >= 4 is 37.5 Å². The first-order chi connectivity index (χ1) is 9.60. The molecule has 0 aliphatic rings. The van der Waals surface area contributed by atoms with Gasteiger partial charge < -0.3 is 15.2 Å². The lowest BCUT2D eigenvalue weighted by Crippen LogP contribution is -2.01. The fourth-order valence-electron chi connectivity index (χ4n) is 1.78. The topological polar surface area (TPSA) is 41.5 Å². The molecule has 0 aliphatic heterocycles. The van der Waals surface area contributed by atoms with E-state index in [0.717, 1.165) is 25.9 Å².